The lowest BCUT2D eigenvalue weighted by Gasteiger charge is -2.33. The monoisotopic (exact) mass is 371 g/mol. The van der Waals surface area contributed by atoms with Crippen LogP contribution in [-0.4, -0.2) is 53.1 Å². The van der Waals surface area contributed by atoms with Crippen molar-refractivity contribution < 1.29 is 0 Å². The number of aryl methyl sites for hydroxylation is 1. The number of anilines is 1. The molecule has 0 bridgehead atoms. The summed E-state index contributed by atoms with van der Waals surface area (Å²) in [6.07, 6.45) is 8.32. The standard InChI is InChI=1S/C23H25N5/c1-16-12-26-23(28-9-7-27(2)8-10-28)11-18(16)19-13-24-14-20(19)21-15-25-22-6-4-3-5-17(21)22/h3-6,11-15,24-25H,7-10H2,1-2H3. The summed E-state index contributed by atoms with van der Waals surface area (Å²) in [5.41, 5.74) is 7.26. The zero-order chi connectivity index (χ0) is 19.1. The van der Waals surface area contributed by atoms with Gasteiger partial charge in [0.15, 0.2) is 0 Å². The fourth-order valence-electron chi connectivity index (χ4n) is 4.12. The van der Waals surface area contributed by atoms with Crippen LogP contribution in [0, 0.1) is 6.92 Å². The van der Waals surface area contributed by atoms with E-state index in [4.69, 9.17) is 4.98 Å². The van der Waals surface area contributed by atoms with Gasteiger partial charge in [-0.25, -0.2) is 4.98 Å². The second kappa shape index (κ2) is 6.84. The fourth-order valence-corrected chi connectivity index (χ4v) is 4.12. The lowest BCUT2D eigenvalue weighted by Crippen LogP contribution is -2.44. The number of para-hydroxylation sites is 1. The maximum absolute atomic E-state index is 4.73. The number of piperazine rings is 1. The second-order valence-electron chi connectivity index (χ2n) is 7.68. The molecule has 5 heteroatoms. The summed E-state index contributed by atoms with van der Waals surface area (Å²) in [6.45, 7) is 6.34. The number of nitrogens with one attached hydrogen (secondary N) is 2. The zero-order valence-corrected chi connectivity index (χ0v) is 16.4. The third-order valence-corrected chi connectivity index (χ3v) is 5.83. The van der Waals surface area contributed by atoms with Gasteiger partial charge >= 0.3 is 0 Å². The van der Waals surface area contributed by atoms with Crippen LogP contribution in [0.4, 0.5) is 5.82 Å². The molecule has 0 atom stereocenters. The predicted octanol–water partition coefficient (Wildman–Crippen LogP) is 4.29. The summed E-state index contributed by atoms with van der Waals surface area (Å²) in [5.74, 6) is 1.07. The quantitative estimate of drug-likeness (QED) is 0.565. The Bertz CT molecular complexity index is 1110. The van der Waals surface area contributed by atoms with Crippen molar-refractivity contribution in [3.63, 3.8) is 0 Å². The van der Waals surface area contributed by atoms with Crippen LogP contribution < -0.4 is 4.90 Å². The summed E-state index contributed by atoms with van der Waals surface area (Å²) in [5, 5.41) is 1.24. The number of aromatic amines is 2. The number of pyridine rings is 1. The highest BCUT2D eigenvalue weighted by molar-refractivity contribution is 6.00. The molecule has 0 unspecified atom stereocenters. The minimum atomic E-state index is 1.02. The number of rotatable bonds is 3. The molecule has 0 saturated carbocycles. The highest BCUT2D eigenvalue weighted by Crippen LogP contribution is 2.38. The number of H-pyrrole nitrogens is 2. The highest BCUT2D eigenvalue weighted by atomic mass is 15.3. The summed E-state index contributed by atoms with van der Waals surface area (Å²) >= 11 is 0. The molecule has 1 aliphatic rings. The normalized spacial score (nSPS) is 15.4. The van der Waals surface area contributed by atoms with Crippen LogP contribution in [0.25, 0.3) is 33.2 Å². The van der Waals surface area contributed by atoms with E-state index in [-0.39, 0.29) is 0 Å². The van der Waals surface area contributed by atoms with E-state index in [1.54, 1.807) is 0 Å². The molecule has 0 aliphatic carbocycles. The van der Waals surface area contributed by atoms with Crippen molar-refractivity contribution in [2.24, 2.45) is 0 Å². The summed E-state index contributed by atoms with van der Waals surface area (Å²) in [4.78, 5) is 16.2. The third kappa shape index (κ3) is 2.88. The lowest BCUT2D eigenvalue weighted by atomic mass is 9.96. The van der Waals surface area contributed by atoms with Gasteiger partial charge in [0.2, 0.25) is 0 Å². The molecular formula is C23H25N5. The maximum atomic E-state index is 4.73. The number of benzene rings is 1. The molecule has 142 valence electrons. The Kier molecular flexibility index (Phi) is 4.17. The first-order valence-corrected chi connectivity index (χ1v) is 9.84. The summed E-state index contributed by atoms with van der Waals surface area (Å²) in [7, 11) is 2.18. The van der Waals surface area contributed by atoms with E-state index in [9.17, 15) is 0 Å². The van der Waals surface area contributed by atoms with Crippen LogP contribution in [0.5, 0.6) is 0 Å². The molecule has 3 aromatic heterocycles. The number of aromatic nitrogens is 3. The van der Waals surface area contributed by atoms with E-state index in [2.05, 4.69) is 82.7 Å². The number of hydrogen-bond donors (Lipinski definition) is 2. The molecule has 28 heavy (non-hydrogen) atoms. The molecule has 4 heterocycles. The Labute approximate surface area is 165 Å². The maximum Gasteiger partial charge on any atom is 0.129 e. The van der Waals surface area contributed by atoms with Crippen molar-refractivity contribution in [1.29, 1.82) is 0 Å². The van der Waals surface area contributed by atoms with Crippen LogP contribution in [0.15, 0.2) is 55.1 Å². The van der Waals surface area contributed by atoms with Crippen LogP contribution in [-0.2, 0) is 0 Å². The Balaban J connectivity index is 1.58. The molecule has 0 radical (unpaired) electrons. The van der Waals surface area contributed by atoms with Gasteiger partial charge in [0.25, 0.3) is 0 Å². The van der Waals surface area contributed by atoms with Crippen LogP contribution in [0.3, 0.4) is 0 Å². The summed E-state index contributed by atoms with van der Waals surface area (Å²) < 4.78 is 0. The number of fused-ring (bicyclic) bond motifs is 1. The largest absolute Gasteiger partial charge is 0.366 e. The third-order valence-electron chi connectivity index (χ3n) is 5.83. The van der Waals surface area contributed by atoms with Crippen molar-refractivity contribution in [2.75, 3.05) is 38.1 Å². The molecular weight excluding hydrogens is 346 g/mol. The van der Waals surface area contributed by atoms with E-state index in [1.165, 1.54) is 33.2 Å². The molecule has 5 nitrogen and oxygen atoms in total. The van der Waals surface area contributed by atoms with E-state index in [1.807, 2.05) is 6.20 Å². The van der Waals surface area contributed by atoms with Gasteiger partial charge < -0.3 is 19.8 Å². The molecule has 4 aromatic rings. The van der Waals surface area contributed by atoms with Crippen molar-refractivity contribution in [1.82, 2.24) is 19.9 Å². The minimum Gasteiger partial charge on any atom is -0.366 e. The van der Waals surface area contributed by atoms with E-state index < -0.39 is 0 Å². The van der Waals surface area contributed by atoms with Crippen molar-refractivity contribution >= 4 is 16.7 Å². The van der Waals surface area contributed by atoms with Crippen LogP contribution in [0.2, 0.25) is 0 Å². The summed E-state index contributed by atoms with van der Waals surface area (Å²) in [6, 6.07) is 10.7. The van der Waals surface area contributed by atoms with Gasteiger partial charge in [-0.05, 0) is 37.2 Å². The van der Waals surface area contributed by atoms with Crippen molar-refractivity contribution in [2.45, 2.75) is 6.92 Å². The van der Waals surface area contributed by atoms with Crippen molar-refractivity contribution in [3.8, 4) is 22.3 Å². The van der Waals surface area contributed by atoms with Crippen molar-refractivity contribution in [3.05, 3.63) is 60.7 Å². The van der Waals surface area contributed by atoms with Crippen LogP contribution >= 0.6 is 0 Å². The number of nitrogens with zero attached hydrogens (tertiary/aromatic N) is 3. The molecule has 0 spiro atoms. The van der Waals surface area contributed by atoms with Gasteiger partial charge in [0, 0.05) is 78.6 Å². The number of hydrogen-bond acceptors (Lipinski definition) is 3. The Hall–Kier alpha value is -3.05. The molecule has 0 amide bonds. The first kappa shape index (κ1) is 17.1. The zero-order valence-electron chi connectivity index (χ0n) is 16.4. The average molecular weight is 371 g/mol. The lowest BCUT2D eigenvalue weighted by molar-refractivity contribution is 0.312. The minimum absolute atomic E-state index is 1.02. The first-order chi connectivity index (χ1) is 13.7. The van der Waals surface area contributed by atoms with Gasteiger partial charge in [-0.2, -0.15) is 0 Å². The van der Waals surface area contributed by atoms with E-state index in [0.29, 0.717) is 0 Å². The van der Waals surface area contributed by atoms with Crippen LogP contribution in [0.1, 0.15) is 5.56 Å². The topological polar surface area (TPSA) is 51.0 Å². The molecule has 1 aromatic carbocycles. The van der Waals surface area contributed by atoms with Gasteiger partial charge in [-0.1, -0.05) is 18.2 Å². The van der Waals surface area contributed by atoms with Gasteiger partial charge in [-0.3, -0.25) is 0 Å². The Morgan fingerprint density at radius 2 is 1.64 bits per heavy atom. The van der Waals surface area contributed by atoms with Gasteiger partial charge in [0.1, 0.15) is 5.82 Å². The predicted molar refractivity (Wildman–Crippen MR) is 116 cm³/mol. The average Bonchev–Trinajstić information content (AvgIpc) is 3.35. The van der Waals surface area contributed by atoms with Gasteiger partial charge in [0.05, 0.1) is 0 Å². The molecule has 1 fully saturated rings. The molecule has 5 rings (SSSR count). The second-order valence-corrected chi connectivity index (χ2v) is 7.68. The molecule has 1 saturated heterocycles. The number of likely N-dealkylation sites (N-methyl/N-ethyl adjacent to an activating group) is 1. The molecule has 2 N–H and O–H groups in total. The smallest absolute Gasteiger partial charge is 0.129 e. The fraction of sp³-hybridized carbons (Fsp3) is 0.261. The molecule has 1 aliphatic heterocycles. The van der Waals surface area contributed by atoms with Gasteiger partial charge in [-0.15, -0.1) is 0 Å². The Morgan fingerprint density at radius 1 is 0.893 bits per heavy atom. The van der Waals surface area contributed by atoms with E-state index in [0.717, 1.165) is 37.5 Å². The van der Waals surface area contributed by atoms with E-state index >= 15 is 0 Å². The SMILES string of the molecule is Cc1cnc(N2CCN(C)CC2)cc1-c1c[nH]cc1-c1c[nH]c2ccccc12. The highest BCUT2D eigenvalue weighted by Gasteiger charge is 2.19. The first-order valence-electron chi connectivity index (χ1n) is 9.84. The Morgan fingerprint density at radius 3 is 2.46 bits per heavy atom.